The van der Waals surface area contributed by atoms with Crippen molar-refractivity contribution < 1.29 is 14.4 Å². The molecule has 0 heterocycles. The van der Waals surface area contributed by atoms with E-state index in [1.54, 1.807) is 6.66 Å². The number of esters is 1. The maximum atomic E-state index is 11.5. The van der Waals surface area contributed by atoms with Gasteiger partial charge in [0.05, 0.1) is 0 Å². The fourth-order valence-corrected chi connectivity index (χ4v) is 2.54. The Morgan fingerprint density at radius 3 is 2.31 bits per heavy atom. The first-order valence-corrected chi connectivity index (χ1v) is 6.75. The molecule has 0 aliphatic carbocycles. The summed E-state index contributed by atoms with van der Waals surface area (Å²) in [4.78, 5) is 20.8. The predicted molar refractivity (Wildman–Crippen MR) is 59.3 cm³/mol. The summed E-state index contributed by atoms with van der Waals surface area (Å²) in [6, 6.07) is 0. The molecule has 0 fully saturated rings. The summed E-state index contributed by atoms with van der Waals surface area (Å²) < 4.78 is 5.16. The fraction of sp³-hybridized carbons (Fsp3) is 0.875. The normalized spacial score (nSPS) is 16.5. The Bertz CT molecular complexity index is 175. The van der Waals surface area contributed by atoms with Crippen LogP contribution in [0.15, 0.2) is 0 Å². The fourth-order valence-electron chi connectivity index (χ4n) is 0.771. The van der Waals surface area contributed by atoms with Crippen molar-refractivity contribution in [3.63, 3.8) is 0 Å². The largest absolute Gasteiger partial charge is 0.459 e. The molecule has 0 radical (unpaired) electrons. The molecule has 0 rings (SSSR count). The summed E-state index contributed by atoms with van der Waals surface area (Å²) in [6.07, 6.45) is 0.549. The van der Waals surface area contributed by atoms with Gasteiger partial charge in [0.1, 0.15) is 11.3 Å². The van der Waals surface area contributed by atoms with Crippen molar-refractivity contribution in [2.75, 3.05) is 12.8 Å². The van der Waals surface area contributed by atoms with Crippen molar-refractivity contribution in [3.05, 3.63) is 0 Å². The minimum absolute atomic E-state index is 0.307. The SMILES string of the molecule is CP(O)C(CP)C(=O)OC(C)(C)C. The quantitative estimate of drug-likeness (QED) is 0.585. The molecule has 0 aliphatic rings. The highest BCUT2D eigenvalue weighted by atomic mass is 31.1. The lowest BCUT2D eigenvalue weighted by Gasteiger charge is -2.24. The topological polar surface area (TPSA) is 46.5 Å². The summed E-state index contributed by atoms with van der Waals surface area (Å²) in [5.41, 5.74) is -0.847. The van der Waals surface area contributed by atoms with E-state index in [1.165, 1.54) is 0 Å². The molecule has 3 unspecified atom stereocenters. The van der Waals surface area contributed by atoms with E-state index in [0.717, 1.165) is 0 Å². The van der Waals surface area contributed by atoms with E-state index in [0.29, 0.717) is 6.16 Å². The molecule has 78 valence electrons. The molecule has 3 nitrogen and oxygen atoms in total. The van der Waals surface area contributed by atoms with Crippen LogP contribution in [-0.4, -0.2) is 34.9 Å². The van der Waals surface area contributed by atoms with E-state index in [9.17, 15) is 9.69 Å². The molecule has 5 heteroatoms. The lowest BCUT2D eigenvalue weighted by molar-refractivity contribution is -0.153. The van der Waals surface area contributed by atoms with E-state index in [-0.39, 0.29) is 11.6 Å². The maximum Gasteiger partial charge on any atom is 0.316 e. The summed E-state index contributed by atoms with van der Waals surface area (Å²) in [5.74, 6) is -0.307. The molecule has 1 N–H and O–H groups in total. The highest BCUT2D eigenvalue weighted by Gasteiger charge is 2.27. The first-order valence-electron chi connectivity index (χ1n) is 4.12. The van der Waals surface area contributed by atoms with E-state index in [2.05, 4.69) is 9.24 Å². The molecule has 13 heavy (non-hydrogen) atoms. The second-order valence-electron chi connectivity index (χ2n) is 3.86. The zero-order valence-corrected chi connectivity index (χ0v) is 10.6. The average molecular weight is 224 g/mol. The van der Waals surface area contributed by atoms with Crippen LogP contribution in [0.3, 0.4) is 0 Å². The standard InChI is InChI=1S/C8H18O3P2/c1-8(2,3)11-7(9)6(5-12)13(4)10/h6,10H,5,12H2,1-4H3. The third-order valence-electron chi connectivity index (χ3n) is 1.35. The number of hydrogen-bond acceptors (Lipinski definition) is 3. The Morgan fingerprint density at radius 2 is 2.08 bits per heavy atom. The lowest BCUT2D eigenvalue weighted by Crippen LogP contribution is -2.31. The lowest BCUT2D eigenvalue weighted by atomic mass is 10.2. The molecule has 0 spiro atoms. The molecule has 0 bridgehead atoms. The van der Waals surface area contributed by atoms with Crippen molar-refractivity contribution in [2.45, 2.75) is 32.0 Å². The van der Waals surface area contributed by atoms with Crippen LogP contribution in [0, 0.1) is 0 Å². The van der Waals surface area contributed by atoms with Crippen molar-refractivity contribution in [3.8, 4) is 0 Å². The molecule has 3 atom stereocenters. The van der Waals surface area contributed by atoms with E-state index in [1.807, 2.05) is 20.8 Å². The third-order valence-corrected chi connectivity index (χ3v) is 3.55. The summed E-state index contributed by atoms with van der Waals surface area (Å²) in [5, 5.41) is 0. The van der Waals surface area contributed by atoms with Crippen LogP contribution in [0.2, 0.25) is 0 Å². The molecule has 0 aliphatic heterocycles. The van der Waals surface area contributed by atoms with E-state index < -0.39 is 13.7 Å². The molecule has 0 aromatic carbocycles. The van der Waals surface area contributed by atoms with Crippen LogP contribution in [0.1, 0.15) is 20.8 Å². The number of hydrogen-bond donors (Lipinski definition) is 1. The zero-order chi connectivity index (χ0) is 10.6. The Labute approximate surface area is 83.3 Å². The van der Waals surface area contributed by atoms with Gasteiger partial charge < -0.3 is 9.63 Å². The van der Waals surface area contributed by atoms with Crippen LogP contribution in [0.25, 0.3) is 0 Å². The van der Waals surface area contributed by atoms with Gasteiger partial charge >= 0.3 is 5.97 Å². The van der Waals surface area contributed by atoms with Gasteiger partial charge in [-0.25, -0.2) is 0 Å². The molecule has 0 amide bonds. The van der Waals surface area contributed by atoms with Gasteiger partial charge in [-0.05, 0) is 33.6 Å². The molecule has 0 aromatic rings. The number of carbonyl (C=O) groups is 1. The Morgan fingerprint density at radius 1 is 1.62 bits per heavy atom. The monoisotopic (exact) mass is 224 g/mol. The third kappa shape index (κ3) is 5.57. The van der Waals surface area contributed by atoms with E-state index in [4.69, 9.17) is 4.74 Å². The Hall–Kier alpha value is 0.290. The van der Waals surface area contributed by atoms with Gasteiger partial charge in [-0.1, -0.05) is 0 Å². The summed E-state index contributed by atoms with van der Waals surface area (Å²) >= 11 is 0. The van der Waals surface area contributed by atoms with Gasteiger partial charge in [-0.15, -0.1) is 9.24 Å². The minimum atomic E-state index is -1.25. The molecule has 0 saturated carbocycles. The van der Waals surface area contributed by atoms with Crippen LogP contribution in [0.4, 0.5) is 0 Å². The maximum absolute atomic E-state index is 11.5. The highest BCUT2D eigenvalue weighted by molar-refractivity contribution is 7.53. The molecular weight excluding hydrogens is 206 g/mol. The van der Waals surface area contributed by atoms with Gasteiger partial charge in [0.2, 0.25) is 0 Å². The first kappa shape index (κ1) is 13.3. The first-order chi connectivity index (χ1) is 5.78. The van der Waals surface area contributed by atoms with Gasteiger partial charge in [0.25, 0.3) is 0 Å². The number of rotatable bonds is 3. The van der Waals surface area contributed by atoms with Crippen molar-refractivity contribution in [1.29, 1.82) is 0 Å². The average Bonchev–Trinajstić information content (AvgIpc) is 1.82. The Balaban J connectivity index is 4.23. The summed E-state index contributed by atoms with van der Waals surface area (Å²) in [6.45, 7) is 7.12. The molecular formula is C8H18O3P2. The van der Waals surface area contributed by atoms with Crippen LogP contribution >= 0.6 is 17.4 Å². The molecule has 0 aromatic heterocycles. The van der Waals surface area contributed by atoms with Crippen molar-refractivity contribution in [1.82, 2.24) is 0 Å². The van der Waals surface area contributed by atoms with Gasteiger partial charge in [-0.3, -0.25) is 4.79 Å². The van der Waals surface area contributed by atoms with Gasteiger partial charge in [-0.2, -0.15) is 0 Å². The van der Waals surface area contributed by atoms with Gasteiger partial charge in [0.15, 0.2) is 0 Å². The van der Waals surface area contributed by atoms with Crippen LogP contribution in [0.5, 0.6) is 0 Å². The number of ether oxygens (including phenoxy) is 1. The van der Waals surface area contributed by atoms with Crippen molar-refractivity contribution in [2.24, 2.45) is 0 Å². The smallest absolute Gasteiger partial charge is 0.316 e. The highest BCUT2D eigenvalue weighted by Crippen LogP contribution is 2.34. The van der Waals surface area contributed by atoms with Crippen LogP contribution in [-0.2, 0) is 9.53 Å². The van der Waals surface area contributed by atoms with Crippen molar-refractivity contribution >= 4 is 23.4 Å². The minimum Gasteiger partial charge on any atom is -0.459 e. The second kappa shape index (κ2) is 5.24. The van der Waals surface area contributed by atoms with E-state index >= 15 is 0 Å². The summed E-state index contributed by atoms with van der Waals surface area (Å²) in [7, 11) is 1.21. The number of carbonyl (C=O) groups excluding carboxylic acids is 1. The van der Waals surface area contributed by atoms with Crippen LogP contribution < -0.4 is 0 Å². The predicted octanol–water partition coefficient (Wildman–Crippen LogP) is 1.59. The Kier molecular flexibility index (Phi) is 5.36. The van der Waals surface area contributed by atoms with Gasteiger partial charge in [0, 0.05) is 8.15 Å². The second-order valence-corrected chi connectivity index (χ2v) is 6.10. The molecule has 0 saturated heterocycles. The zero-order valence-electron chi connectivity index (χ0n) is 8.57.